The summed E-state index contributed by atoms with van der Waals surface area (Å²) in [5.74, 6) is 0.418. The van der Waals surface area contributed by atoms with Gasteiger partial charge in [0.1, 0.15) is 17.4 Å². The number of nitriles is 1. The number of aromatic nitrogens is 2. The highest BCUT2D eigenvalue weighted by Gasteiger charge is 2.37. The summed E-state index contributed by atoms with van der Waals surface area (Å²) in [6.45, 7) is 0. The van der Waals surface area contributed by atoms with Crippen LogP contribution in [0.4, 0.5) is 0 Å². The van der Waals surface area contributed by atoms with Gasteiger partial charge < -0.3 is 15.2 Å². The number of ether oxygens (including phenoxy) is 2. The SMILES string of the molecule is COc1ccccc1[C@H]1C(C#N)=C(N)Oc2n[nH]c(-c3ccc(Cl)c(Cl)c3)c21. The Morgan fingerprint density at radius 1 is 1.21 bits per heavy atom. The topological polar surface area (TPSA) is 96.9 Å². The number of nitrogens with zero attached hydrogens (tertiary/aromatic N) is 2. The quantitative estimate of drug-likeness (QED) is 0.654. The molecule has 4 rings (SSSR count). The van der Waals surface area contributed by atoms with Crippen LogP contribution in [0.1, 0.15) is 17.0 Å². The van der Waals surface area contributed by atoms with E-state index in [1.54, 1.807) is 19.2 Å². The van der Waals surface area contributed by atoms with Gasteiger partial charge in [-0.2, -0.15) is 5.26 Å². The number of methoxy groups -OCH3 is 1. The minimum absolute atomic E-state index is 0.0121. The lowest BCUT2D eigenvalue weighted by Gasteiger charge is -2.25. The van der Waals surface area contributed by atoms with Crippen LogP contribution in [0.15, 0.2) is 53.9 Å². The first-order valence-corrected chi connectivity index (χ1v) is 9.05. The van der Waals surface area contributed by atoms with Gasteiger partial charge in [0.2, 0.25) is 11.8 Å². The Morgan fingerprint density at radius 3 is 2.71 bits per heavy atom. The number of para-hydroxylation sites is 1. The van der Waals surface area contributed by atoms with E-state index in [9.17, 15) is 5.26 Å². The van der Waals surface area contributed by atoms with Gasteiger partial charge in [-0.05, 0) is 18.2 Å². The number of nitrogens with one attached hydrogen (secondary N) is 1. The first-order chi connectivity index (χ1) is 13.5. The summed E-state index contributed by atoms with van der Waals surface area (Å²) < 4.78 is 11.1. The third-order valence-electron chi connectivity index (χ3n) is 4.60. The summed E-state index contributed by atoms with van der Waals surface area (Å²) in [5.41, 5.74) is 9.16. The van der Waals surface area contributed by atoms with E-state index in [0.717, 1.165) is 11.1 Å². The Labute approximate surface area is 171 Å². The molecule has 0 aliphatic carbocycles. The van der Waals surface area contributed by atoms with Crippen LogP contribution < -0.4 is 15.2 Å². The molecule has 0 amide bonds. The number of allylic oxidation sites excluding steroid dienone is 1. The molecule has 0 spiro atoms. The lowest BCUT2D eigenvalue weighted by Crippen LogP contribution is -2.21. The average Bonchev–Trinajstić information content (AvgIpc) is 3.12. The molecule has 1 aliphatic heterocycles. The first-order valence-electron chi connectivity index (χ1n) is 8.29. The second kappa shape index (κ2) is 7.12. The molecule has 1 aromatic heterocycles. The summed E-state index contributed by atoms with van der Waals surface area (Å²) >= 11 is 12.2. The highest BCUT2D eigenvalue weighted by Crippen LogP contribution is 2.48. The molecule has 2 heterocycles. The van der Waals surface area contributed by atoms with Gasteiger partial charge in [-0.3, -0.25) is 5.10 Å². The van der Waals surface area contributed by atoms with Crippen molar-refractivity contribution in [2.45, 2.75) is 5.92 Å². The lowest BCUT2D eigenvalue weighted by molar-refractivity contribution is 0.375. The van der Waals surface area contributed by atoms with E-state index in [-0.39, 0.29) is 11.5 Å². The minimum Gasteiger partial charge on any atom is -0.496 e. The molecule has 1 atom stereocenters. The van der Waals surface area contributed by atoms with E-state index in [4.69, 9.17) is 38.4 Å². The van der Waals surface area contributed by atoms with Crippen LogP contribution in [0.2, 0.25) is 10.0 Å². The fourth-order valence-electron chi connectivity index (χ4n) is 3.33. The molecular formula is C20H14Cl2N4O2. The zero-order valence-electron chi connectivity index (χ0n) is 14.7. The predicted octanol–water partition coefficient (Wildman–Crippen LogP) is 4.61. The normalized spacial score (nSPS) is 15.6. The number of aromatic amines is 1. The van der Waals surface area contributed by atoms with Crippen molar-refractivity contribution < 1.29 is 9.47 Å². The Hall–Kier alpha value is -3.14. The molecule has 0 saturated heterocycles. The van der Waals surface area contributed by atoms with Crippen LogP contribution in [-0.2, 0) is 0 Å². The summed E-state index contributed by atoms with van der Waals surface area (Å²) in [7, 11) is 1.58. The van der Waals surface area contributed by atoms with Crippen molar-refractivity contribution >= 4 is 23.2 Å². The molecule has 3 N–H and O–H groups in total. The smallest absolute Gasteiger partial charge is 0.244 e. The number of nitrogens with two attached hydrogens (primary N) is 1. The molecule has 0 bridgehead atoms. The van der Waals surface area contributed by atoms with E-state index >= 15 is 0 Å². The minimum atomic E-state index is -0.520. The van der Waals surface area contributed by atoms with Crippen LogP contribution in [0.5, 0.6) is 11.6 Å². The molecular weight excluding hydrogens is 399 g/mol. The molecule has 8 heteroatoms. The van der Waals surface area contributed by atoms with Gasteiger partial charge >= 0.3 is 0 Å². The summed E-state index contributed by atoms with van der Waals surface area (Å²) in [4.78, 5) is 0. The van der Waals surface area contributed by atoms with Gasteiger partial charge in [-0.1, -0.05) is 47.5 Å². The first kappa shape index (κ1) is 18.2. The molecule has 3 aromatic rings. The third-order valence-corrected chi connectivity index (χ3v) is 5.34. The molecule has 2 aromatic carbocycles. The van der Waals surface area contributed by atoms with Crippen molar-refractivity contribution in [3.8, 4) is 29.0 Å². The van der Waals surface area contributed by atoms with Gasteiger partial charge in [0.25, 0.3) is 0 Å². The molecule has 0 unspecified atom stereocenters. The van der Waals surface area contributed by atoms with E-state index in [1.165, 1.54) is 0 Å². The number of H-pyrrole nitrogens is 1. The standard InChI is InChI=1S/C20H14Cl2N4O2/c1-27-15-5-3-2-4-11(15)16-12(9-23)19(24)28-20-17(16)18(25-26-20)10-6-7-13(21)14(22)8-10/h2-8,16H,24H2,1H3,(H,25,26)/t16-/m0/s1. The highest BCUT2D eigenvalue weighted by atomic mass is 35.5. The predicted molar refractivity (Wildman–Crippen MR) is 106 cm³/mol. The van der Waals surface area contributed by atoms with Crippen molar-refractivity contribution in [2.24, 2.45) is 5.73 Å². The highest BCUT2D eigenvalue weighted by molar-refractivity contribution is 6.42. The number of rotatable bonds is 3. The largest absolute Gasteiger partial charge is 0.496 e. The summed E-state index contributed by atoms with van der Waals surface area (Å²) in [5, 5.41) is 17.9. The van der Waals surface area contributed by atoms with Gasteiger partial charge in [0.15, 0.2) is 0 Å². The maximum absolute atomic E-state index is 9.78. The van der Waals surface area contributed by atoms with E-state index in [2.05, 4.69) is 16.3 Å². The van der Waals surface area contributed by atoms with E-state index in [0.29, 0.717) is 32.9 Å². The van der Waals surface area contributed by atoms with E-state index < -0.39 is 5.92 Å². The Balaban J connectivity index is 1.98. The third kappa shape index (κ3) is 2.85. The van der Waals surface area contributed by atoms with E-state index in [1.807, 2.05) is 30.3 Å². The molecule has 0 fully saturated rings. The fraction of sp³-hybridized carbons (Fsp3) is 0.100. The van der Waals surface area contributed by atoms with Gasteiger partial charge in [0.05, 0.1) is 34.3 Å². The molecule has 6 nitrogen and oxygen atoms in total. The number of fused-ring (bicyclic) bond motifs is 1. The molecule has 28 heavy (non-hydrogen) atoms. The molecule has 140 valence electrons. The Kier molecular flexibility index (Phi) is 4.63. The molecule has 0 radical (unpaired) electrons. The van der Waals surface area contributed by atoms with Crippen LogP contribution >= 0.6 is 23.2 Å². The van der Waals surface area contributed by atoms with Gasteiger partial charge in [-0.25, -0.2) is 0 Å². The number of benzene rings is 2. The van der Waals surface area contributed by atoms with Gasteiger partial charge in [0, 0.05) is 11.1 Å². The summed E-state index contributed by atoms with van der Waals surface area (Å²) in [6, 6.07) is 14.9. The summed E-state index contributed by atoms with van der Waals surface area (Å²) in [6.07, 6.45) is 0. The monoisotopic (exact) mass is 412 g/mol. The van der Waals surface area contributed by atoms with Crippen molar-refractivity contribution in [2.75, 3.05) is 7.11 Å². The Bertz CT molecular complexity index is 1150. The van der Waals surface area contributed by atoms with Crippen molar-refractivity contribution in [1.82, 2.24) is 10.2 Å². The zero-order chi connectivity index (χ0) is 19.8. The number of hydrogen-bond acceptors (Lipinski definition) is 5. The molecule has 1 aliphatic rings. The van der Waals surface area contributed by atoms with Crippen LogP contribution in [-0.4, -0.2) is 17.3 Å². The van der Waals surface area contributed by atoms with Crippen LogP contribution in [0.3, 0.4) is 0 Å². The van der Waals surface area contributed by atoms with Gasteiger partial charge in [-0.15, -0.1) is 5.10 Å². The Morgan fingerprint density at radius 2 is 2.00 bits per heavy atom. The fourth-order valence-corrected chi connectivity index (χ4v) is 3.63. The second-order valence-electron chi connectivity index (χ2n) is 6.11. The zero-order valence-corrected chi connectivity index (χ0v) is 16.2. The maximum atomic E-state index is 9.78. The van der Waals surface area contributed by atoms with Crippen molar-refractivity contribution in [1.29, 1.82) is 5.26 Å². The van der Waals surface area contributed by atoms with Crippen LogP contribution in [0, 0.1) is 11.3 Å². The second-order valence-corrected chi connectivity index (χ2v) is 6.93. The number of hydrogen-bond donors (Lipinski definition) is 2. The lowest BCUT2D eigenvalue weighted by atomic mass is 9.82. The van der Waals surface area contributed by atoms with Crippen molar-refractivity contribution in [3.63, 3.8) is 0 Å². The average molecular weight is 413 g/mol. The molecule has 0 saturated carbocycles. The van der Waals surface area contributed by atoms with Crippen molar-refractivity contribution in [3.05, 3.63) is 75.1 Å². The number of halogens is 2. The van der Waals surface area contributed by atoms with Crippen LogP contribution in [0.25, 0.3) is 11.3 Å². The maximum Gasteiger partial charge on any atom is 0.244 e.